The molecule has 1 unspecified atom stereocenters. The molecule has 2 heterocycles. The second-order valence-electron chi connectivity index (χ2n) is 5.19. The fourth-order valence-corrected chi connectivity index (χ4v) is 2.41. The number of rotatable bonds is 5. The Morgan fingerprint density at radius 2 is 2.24 bits per heavy atom. The molecule has 3 rings (SSSR count). The van der Waals surface area contributed by atoms with Crippen molar-refractivity contribution in [2.75, 3.05) is 6.54 Å². The average molecular weight is 285 g/mol. The number of hydrogen-bond acceptors (Lipinski definition) is 4. The Hall–Kier alpha value is -2.11. The summed E-state index contributed by atoms with van der Waals surface area (Å²) in [5.74, 6) is 1.82. The lowest BCUT2D eigenvalue weighted by atomic mass is 10.1. The lowest BCUT2D eigenvalue weighted by molar-refractivity contribution is 0.173. The van der Waals surface area contributed by atoms with Crippen molar-refractivity contribution >= 4 is 11.0 Å². The summed E-state index contributed by atoms with van der Waals surface area (Å²) in [6, 6.07) is 9.65. The Balaban J connectivity index is 1.68. The highest BCUT2D eigenvalue weighted by Gasteiger charge is 2.11. The van der Waals surface area contributed by atoms with E-state index in [1.807, 2.05) is 48.9 Å². The molecule has 2 N–H and O–H groups in total. The second-order valence-corrected chi connectivity index (χ2v) is 5.19. The maximum atomic E-state index is 10.3. The van der Waals surface area contributed by atoms with Crippen molar-refractivity contribution in [1.82, 2.24) is 14.9 Å². The number of hydrogen-bond donors (Lipinski definition) is 2. The third-order valence-electron chi connectivity index (χ3n) is 3.73. The van der Waals surface area contributed by atoms with Crippen LogP contribution in [0.3, 0.4) is 0 Å². The Morgan fingerprint density at radius 3 is 3.00 bits per heavy atom. The molecule has 0 spiro atoms. The van der Waals surface area contributed by atoms with Crippen LogP contribution in [-0.2, 0) is 13.6 Å². The maximum absolute atomic E-state index is 10.3. The van der Waals surface area contributed by atoms with Crippen molar-refractivity contribution in [3.8, 4) is 0 Å². The van der Waals surface area contributed by atoms with Gasteiger partial charge in [-0.05, 0) is 36.8 Å². The van der Waals surface area contributed by atoms with Gasteiger partial charge in [0.15, 0.2) is 0 Å². The van der Waals surface area contributed by atoms with Crippen molar-refractivity contribution in [3.63, 3.8) is 0 Å². The molecular formula is C16H19N3O2. The van der Waals surface area contributed by atoms with Gasteiger partial charge in [0.2, 0.25) is 0 Å². The molecule has 5 heteroatoms. The van der Waals surface area contributed by atoms with Gasteiger partial charge in [0.05, 0.1) is 29.9 Å². The average Bonchev–Trinajstić information content (AvgIpc) is 3.08. The highest BCUT2D eigenvalue weighted by Crippen LogP contribution is 2.20. The number of furan rings is 1. The fraction of sp³-hybridized carbons (Fsp3) is 0.312. The Morgan fingerprint density at radius 1 is 1.38 bits per heavy atom. The van der Waals surface area contributed by atoms with Gasteiger partial charge >= 0.3 is 0 Å². The number of imidazole rings is 1. The summed E-state index contributed by atoms with van der Waals surface area (Å²) in [5.41, 5.74) is 2.86. The number of aliphatic hydroxyl groups is 1. The van der Waals surface area contributed by atoms with E-state index in [0.717, 1.165) is 28.2 Å². The van der Waals surface area contributed by atoms with Crippen molar-refractivity contribution in [1.29, 1.82) is 0 Å². The van der Waals surface area contributed by atoms with E-state index in [0.29, 0.717) is 13.1 Å². The van der Waals surface area contributed by atoms with E-state index >= 15 is 0 Å². The van der Waals surface area contributed by atoms with Crippen molar-refractivity contribution in [2.24, 2.45) is 7.05 Å². The molecule has 0 aliphatic rings. The topological polar surface area (TPSA) is 63.2 Å². The molecule has 0 fully saturated rings. The van der Waals surface area contributed by atoms with E-state index in [1.54, 1.807) is 6.26 Å². The Kier molecular flexibility index (Phi) is 3.77. The molecule has 0 saturated carbocycles. The highest BCUT2D eigenvalue weighted by molar-refractivity contribution is 5.76. The van der Waals surface area contributed by atoms with Crippen LogP contribution in [0.15, 0.2) is 41.0 Å². The fourth-order valence-electron chi connectivity index (χ4n) is 2.41. The molecule has 0 aliphatic heterocycles. The third-order valence-corrected chi connectivity index (χ3v) is 3.73. The molecule has 0 saturated heterocycles. The molecular weight excluding hydrogens is 266 g/mol. The SMILES string of the molecule is Cc1nc2cc(C(O)CNCc3ccco3)ccc2n1C. The van der Waals surface area contributed by atoms with E-state index in [2.05, 4.69) is 10.3 Å². The van der Waals surface area contributed by atoms with Gasteiger partial charge in [0.25, 0.3) is 0 Å². The van der Waals surface area contributed by atoms with Gasteiger partial charge in [-0.2, -0.15) is 0 Å². The first-order valence-electron chi connectivity index (χ1n) is 6.99. The van der Waals surface area contributed by atoms with Crippen LogP contribution in [0, 0.1) is 6.92 Å². The second kappa shape index (κ2) is 5.71. The normalized spacial score (nSPS) is 12.9. The van der Waals surface area contributed by atoms with Gasteiger partial charge in [0, 0.05) is 13.6 Å². The molecule has 2 aromatic heterocycles. The molecule has 0 bridgehead atoms. The zero-order chi connectivity index (χ0) is 14.8. The number of fused-ring (bicyclic) bond motifs is 1. The first-order valence-corrected chi connectivity index (χ1v) is 6.99. The van der Waals surface area contributed by atoms with Crippen LogP contribution in [0.2, 0.25) is 0 Å². The molecule has 0 amide bonds. The zero-order valence-electron chi connectivity index (χ0n) is 12.2. The van der Waals surface area contributed by atoms with E-state index in [-0.39, 0.29) is 0 Å². The van der Waals surface area contributed by atoms with Gasteiger partial charge < -0.3 is 19.4 Å². The van der Waals surface area contributed by atoms with Gasteiger partial charge in [-0.3, -0.25) is 0 Å². The van der Waals surface area contributed by atoms with Gasteiger partial charge in [-0.25, -0.2) is 4.98 Å². The van der Waals surface area contributed by atoms with Crippen molar-refractivity contribution < 1.29 is 9.52 Å². The number of aromatic nitrogens is 2. The summed E-state index contributed by atoms with van der Waals surface area (Å²) in [5, 5.41) is 13.4. The van der Waals surface area contributed by atoms with Crippen LogP contribution in [0.1, 0.15) is 23.3 Å². The molecule has 1 atom stereocenters. The standard InChI is InChI=1S/C16H19N3O2/c1-11-18-14-8-12(5-6-15(14)19(11)2)16(20)10-17-9-13-4-3-7-21-13/h3-8,16-17,20H,9-10H2,1-2H3. The van der Waals surface area contributed by atoms with E-state index in [1.165, 1.54) is 0 Å². The number of benzene rings is 1. The number of aryl methyl sites for hydroxylation is 2. The lowest BCUT2D eigenvalue weighted by Crippen LogP contribution is -2.20. The largest absolute Gasteiger partial charge is 0.468 e. The molecule has 110 valence electrons. The predicted molar refractivity (Wildman–Crippen MR) is 80.8 cm³/mol. The quantitative estimate of drug-likeness (QED) is 0.755. The van der Waals surface area contributed by atoms with Crippen LogP contribution in [0.25, 0.3) is 11.0 Å². The van der Waals surface area contributed by atoms with Gasteiger partial charge in [-0.1, -0.05) is 6.07 Å². The number of nitrogens with zero attached hydrogens (tertiary/aromatic N) is 2. The number of aliphatic hydroxyl groups excluding tert-OH is 1. The Bertz CT molecular complexity index is 731. The lowest BCUT2D eigenvalue weighted by Gasteiger charge is -2.11. The molecule has 0 radical (unpaired) electrons. The Labute approximate surface area is 123 Å². The minimum atomic E-state index is -0.563. The zero-order valence-corrected chi connectivity index (χ0v) is 12.2. The third kappa shape index (κ3) is 2.84. The van der Waals surface area contributed by atoms with Crippen LogP contribution in [0.5, 0.6) is 0 Å². The van der Waals surface area contributed by atoms with Crippen LogP contribution >= 0.6 is 0 Å². The number of nitrogens with one attached hydrogen (secondary N) is 1. The smallest absolute Gasteiger partial charge is 0.117 e. The molecule has 21 heavy (non-hydrogen) atoms. The summed E-state index contributed by atoms with van der Waals surface area (Å²) >= 11 is 0. The predicted octanol–water partition coefficient (Wildman–Crippen LogP) is 2.30. The van der Waals surface area contributed by atoms with Crippen molar-refractivity contribution in [3.05, 3.63) is 53.7 Å². The minimum Gasteiger partial charge on any atom is -0.468 e. The monoisotopic (exact) mass is 285 g/mol. The minimum absolute atomic E-state index is 0.470. The molecule has 1 aromatic carbocycles. The summed E-state index contributed by atoms with van der Waals surface area (Å²) in [4.78, 5) is 4.49. The first kappa shape index (κ1) is 13.9. The summed E-state index contributed by atoms with van der Waals surface area (Å²) in [7, 11) is 1.99. The summed E-state index contributed by atoms with van der Waals surface area (Å²) < 4.78 is 7.28. The summed E-state index contributed by atoms with van der Waals surface area (Å²) in [6.45, 7) is 3.05. The van der Waals surface area contributed by atoms with Crippen LogP contribution in [-0.4, -0.2) is 21.2 Å². The van der Waals surface area contributed by atoms with Crippen molar-refractivity contribution in [2.45, 2.75) is 19.6 Å². The highest BCUT2D eigenvalue weighted by atomic mass is 16.3. The molecule has 0 aliphatic carbocycles. The van der Waals surface area contributed by atoms with E-state index < -0.39 is 6.10 Å². The molecule has 3 aromatic rings. The molecule has 5 nitrogen and oxygen atoms in total. The van der Waals surface area contributed by atoms with Crippen LogP contribution < -0.4 is 5.32 Å². The summed E-state index contributed by atoms with van der Waals surface area (Å²) in [6.07, 6.45) is 1.08. The van der Waals surface area contributed by atoms with E-state index in [4.69, 9.17) is 4.42 Å². The van der Waals surface area contributed by atoms with Gasteiger partial charge in [-0.15, -0.1) is 0 Å². The first-order chi connectivity index (χ1) is 10.1. The van der Waals surface area contributed by atoms with Crippen LogP contribution in [0.4, 0.5) is 0 Å². The maximum Gasteiger partial charge on any atom is 0.117 e. The van der Waals surface area contributed by atoms with Gasteiger partial charge in [0.1, 0.15) is 11.6 Å². The van der Waals surface area contributed by atoms with E-state index in [9.17, 15) is 5.11 Å².